The third kappa shape index (κ3) is 3.45. The SMILES string of the molecule is CN1CC=C(c2ccc3sc4ccc(C5=CCN(C(=N)N)CC5)cc4c3c2)CC1. The van der Waals surface area contributed by atoms with Crippen molar-refractivity contribution in [3.8, 4) is 0 Å². The molecule has 1 aromatic heterocycles. The number of likely N-dealkylation sites (N-methyl/N-ethyl adjacent to an activating group) is 1. The zero-order chi connectivity index (χ0) is 20.0. The van der Waals surface area contributed by atoms with Gasteiger partial charge in [0.05, 0.1) is 0 Å². The standard InChI is InChI=1S/C24H26N4S/c1-27-10-6-16(7-11-27)18-2-4-22-20(14-18)21-15-19(3-5-23(21)29-22)17-8-12-28(13-9-17)24(25)26/h2-6,8,14-15H,7,9-13H2,1H3,(H3,25,26). The van der Waals surface area contributed by atoms with E-state index in [4.69, 9.17) is 11.1 Å². The van der Waals surface area contributed by atoms with E-state index in [1.54, 1.807) is 0 Å². The Morgan fingerprint density at radius 1 is 0.897 bits per heavy atom. The predicted molar refractivity (Wildman–Crippen MR) is 126 cm³/mol. The lowest BCUT2D eigenvalue weighted by atomic mass is 9.96. The summed E-state index contributed by atoms with van der Waals surface area (Å²) in [6, 6.07) is 13.8. The van der Waals surface area contributed by atoms with Gasteiger partial charge in [0.1, 0.15) is 0 Å². The molecule has 2 aliphatic heterocycles. The van der Waals surface area contributed by atoms with Crippen molar-refractivity contribution in [2.75, 3.05) is 33.2 Å². The molecule has 3 heterocycles. The van der Waals surface area contributed by atoms with Gasteiger partial charge in [0, 0.05) is 46.4 Å². The first kappa shape index (κ1) is 18.4. The Morgan fingerprint density at radius 3 is 1.97 bits per heavy atom. The Bertz CT molecular complexity index is 1170. The van der Waals surface area contributed by atoms with Gasteiger partial charge in [-0.3, -0.25) is 5.41 Å². The highest BCUT2D eigenvalue weighted by molar-refractivity contribution is 7.25. The molecule has 148 valence electrons. The van der Waals surface area contributed by atoms with Gasteiger partial charge >= 0.3 is 0 Å². The Labute approximate surface area is 175 Å². The highest BCUT2D eigenvalue weighted by Crippen LogP contribution is 2.38. The maximum atomic E-state index is 7.62. The van der Waals surface area contributed by atoms with Crippen molar-refractivity contribution in [1.29, 1.82) is 5.41 Å². The Kier molecular flexibility index (Phi) is 4.64. The van der Waals surface area contributed by atoms with Crippen LogP contribution < -0.4 is 5.73 Å². The van der Waals surface area contributed by atoms with Crippen molar-refractivity contribution < 1.29 is 0 Å². The Hall–Kier alpha value is -2.63. The van der Waals surface area contributed by atoms with Gasteiger partial charge in [-0.05, 0) is 66.4 Å². The second-order valence-corrected chi connectivity index (χ2v) is 9.16. The molecule has 5 rings (SSSR count). The Morgan fingerprint density at radius 2 is 1.48 bits per heavy atom. The molecular formula is C24H26N4S. The molecule has 0 amide bonds. The largest absolute Gasteiger partial charge is 0.370 e. The Balaban J connectivity index is 1.54. The van der Waals surface area contributed by atoms with Crippen molar-refractivity contribution in [3.63, 3.8) is 0 Å². The number of hydrogen-bond donors (Lipinski definition) is 2. The van der Waals surface area contributed by atoms with Gasteiger partial charge in [0.25, 0.3) is 0 Å². The van der Waals surface area contributed by atoms with Crippen LogP contribution in [0.1, 0.15) is 24.0 Å². The fourth-order valence-corrected chi connectivity index (χ4v) is 5.43. The molecule has 0 radical (unpaired) electrons. The first-order chi connectivity index (χ1) is 14.1. The third-order valence-corrected chi connectivity index (χ3v) is 7.32. The van der Waals surface area contributed by atoms with Crippen molar-refractivity contribution >= 4 is 48.6 Å². The van der Waals surface area contributed by atoms with Gasteiger partial charge in [-0.1, -0.05) is 24.3 Å². The average Bonchev–Trinajstić information content (AvgIpc) is 3.11. The summed E-state index contributed by atoms with van der Waals surface area (Å²) in [6.45, 7) is 3.70. The summed E-state index contributed by atoms with van der Waals surface area (Å²) < 4.78 is 2.70. The highest BCUT2D eigenvalue weighted by Gasteiger charge is 2.16. The quantitative estimate of drug-likeness (QED) is 0.480. The van der Waals surface area contributed by atoms with Crippen molar-refractivity contribution in [1.82, 2.24) is 9.80 Å². The van der Waals surface area contributed by atoms with Gasteiger partial charge in [-0.15, -0.1) is 11.3 Å². The summed E-state index contributed by atoms with van der Waals surface area (Å²) in [5, 5.41) is 10.3. The van der Waals surface area contributed by atoms with Crippen LogP contribution in [0.25, 0.3) is 31.3 Å². The molecule has 2 aliphatic rings. The van der Waals surface area contributed by atoms with Gasteiger partial charge < -0.3 is 15.5 Å². The lowest BCUT2D eigenvalue weighted by molar-refractivity contribution is 0.370. The van der Waals surface area contributed by atoms with Crippen LogP contribution in [0.2, 0.25) is 0 Å². The average molecular weight is 403 g/mol. The number of nitrogens with one attached hydrogen (secondary N) is 1. The molecule has 0 fully saturated rings. The molecule has 0 atom stereocenters. The van der Waals surface area contributed by atoms with Crippen molar-refractivity contribution in [2.45, 2.75) is 12.8 Å². The molecule has 4 nitrogen and oxygen atoms in total. The fraction of sp³-hybridized carbons (Fsp3) is 0.292. The summed E-state index contributed by atoms with van der Waals surface area (Å²) in [7, 11) is 2.18. The molecular weight excluding hydrogens is 376 g/mol. The van der Waals surface area contributed by atoms with E-state index >= 15 is 0 Å². The number of rotatable bonds is 2. The van der Waals surface area contributed by atoms with Crippen LogP contribution in [0, 0.1) is 5.41 Å². The first-order valence-electron chi connectivity index (χ1n) is 10.2. The minimum atomic E-state index is 0.162. The number of thiophene rings is 1. The van der Waals surface area contributed by atoms with E-state index in [2.05, 4.69) is 60.5 Å². The lowest BCUT2D eigenvalue weighted by Crippen LogP contribution is -2.39. The topological polar surface area (TPSA) is 56.4 Å². The summed E-state index contributed by atoms with van der Waals surface area (Å²) in [4.78, 5) is 4.27. The van der Waals surface area contributed by atoms with E-state index in [9.17, 15) is 0 Å². The molecule has 3 aromatic rings. The molecule has 0 aliphatic carbocycles. The number of fused-ring (bicyclic) bond motifs is 3. The zero-order valence-corrected chi connectivity index (χ0v) is 17.6. The minimum absolute atomic E-state index is 0.162. The maximum Gasteiger partial charge on any atom is 0.188 e. The first-order valence-corrected chi connectivity index (χ1v) is 11.0. The summed E-state index contributed by atoms with van der Waals surface area (Å²) in [5.41, 5.74) is 11.1. The van der Waals surface area contributed by atoms with Crippen LogP contribution in [0.5, 0.6) is 0 Å². The number of guanidine groups is 1. The number of nitrogens with zero attached hydrogens (tertiary/aromatic N) is 2. The molecule has 0 saturated heterocycles. The molecule has 0 saturated carbocycles. The lowest BCUT2D eigenvalue weighted by Gasteiger charge is -2.26. The maximum absolute atomic E-state index is 7.62. The van der Waals surface area contributed by atoms with E-state index < -0.39 is 0 Å². The number of benzene rings is 2. The number of hydrogen-bond acceptors (Lipinski definition) is 3. The van der Waals surface area contributed by atoms with Crippen LogP contribution in [0.3, 0.4) is 0 Å². The normalized spacial score (nSPS) is 18.2. The van der Waals surface area contributed by atoms with Gasteiger partial charge in [0.15, 0.2) is 5.96 Å². The van der Waals surface area contributed by atoms with E-state index in [1.807, 2.05) is 16.2 Å². The fourth-order valence-electron chi connectivity index (χ4n) is 4.36. The smallest absolute Gasteiger partial charge is 0.188 e. The van der Waals surface area contributed by atoms with Crippen LogP contribution in [-0.2, 0) is 0 Å². The predicted octanol–water partition coefficient (Wildman–Crippen LogP) is 4.76. The van der Waals surface area contributed by atoms with E-state index in [0.29, 0.717) is 0 Å². The summed E-state index contributed by atoms with van der Waals surface area (Å²) in [6.07, 6.45) is 6.64. The molecule has 3 N–H and O–H groups in total. The van der Waals surface area contributed by atoms with E-state index in [1.165, 1.54) is 42.4 Å². The second-order valence-electron chi connectivity index (χ2n) is 8.08. The second kappa shape index (κ2) is 7.32. The molecule has 0 spiro atoms. The molecule has 29 heavy (non-hydrogen) atoms. The molecule has 2 aromatic carbocycles. The third-order valence-electron chi connectivity index (χ3n) is 6.17. The van der Waals surface area contributed by atoms with Crippen molar-refractivity contribution in [3.05, 3.63) is 59.7 Å². The van der Waals surface area contributed by atoms with Crippen LogP contribution in [0.4, 0.5) is 0 Å². The summed E-state index contributed by atoms with van der Waals surface area (Å²) >= 11 is 1.88. The summed E-state index contributed by atoms with van der Waals surface area (Å²) in [5.74, 6) is 0.162. The van der Waals surface area contributed by atoms with Crippen molar-refractivity contribution in [2.24, 2.45) is 5.73 Å². The van der Waals surface area contributed by atoms with E-state index in [0.717, 1.165) is 39.0 Å². The molecule has 0 unspecified atom stereocenters. The van der Waals surface area contributed by atoms with Gasteiger partial charge in [0.2, 0.25) is 0 Å². The van der Waals surface area contributed by atoms with Gasteiger partial charge in [-0.2, -0.15) is 0 Å². The monoisotopic (exact) mass is 402 g/mol. The minimum Gasteiger partial charge on any atom is -0.370 e. The van der Waals surface area contributed by atoms with Gasteiger partial charge in [-0.25, -0.2) is 0 Å². The highest BCUT2D eigenvalue weighted by atomic mass is 32.1. The number of nitrogens with two attached hydrogens (primary N) is 1. The molecule has 5 heteroatoms. The van der Waals surface area contributed by atoms with Crippen LogP contribution in [-0.4, -0.2) is 49.0 Å². The van der Waals surface area contributed by atoms with E-state index in [-0.39, 0.29) is 5.96 Å². The molecule has 0 bridgehead atoms. The zero-order valence-electron chi connectivity index (χ0n) is 16.7. The van der Waals surface area contributed by atoms with Crippen LogP contribution in [0.15, 0.2) is 48.6 Å². The van der Waals surface area contributed by atoms with Crippen LogP contribution >= 0.6 is 11.3 Å².